The van der Waals surface area contributed by atoms with Crippen molar-refractivity contribution < 1.29 is 14.3 Å². The van der Waals surface area contributed by atoms with Crippen molar-refractivity contribution in [3.05, 3.63) is 28.2 Å². The van der Waals surface area contributed by atoms with Crippen LogP contribution in [0.15, 0.2) is 18.2 Å². The maximum atomic E-state index is 11.8. The molecule has 6 nitrogen and oxygen atoms in total. The number of nitrogens with one attached hydrogen (secondary N) is 1. The van der Waals surface area contributed by atoms with Crippen LogP contribution in [0.5, 0.6) is 5.75 Å². The minimum absolute atomic E-state index is 0.00259. The van der Waals surface area contributed by atoms with Gasteiger partial charge in [0.25, 0.3) is 5.91 Å². The zero-order valence-corrected chi connectivity index (χ0v) is 16.4. The lowest BCUT2D eigenvalue weighted by Crippen LogP contribution is -2.39. The molecule has 0 aromatic heterocycles. The van der Waals surface area contributed by atoms with Crippen molar-refractivity contribution in [3.8, 4) is 5.75 Å². The third-order valence-electron chi connectivity index (χ3n) is 3.44. The average Bonchev–Trinajstić information content (AvgIpc) is 2.52. The molecule has 1 N–H and O–H groups in total. The molecule has 0 aliphatic rings. The summed E-state index contributed by atoms with van der Waals surface area (Å²) in [6, 6.07) is 4.80. The van der Waals surface area contributed by atoms with E-state index in [-0.39, 0.29) is 18.4 Å². The summed E-state index contributed by atoms with van der Waals surface area (Å²) >= 11 is 11.8. The number of nitrogens with zero attached hydrogens (tertiary/aromatic N) is 2. The molecule has 8 heteroatoms. The van der Waals surface area contributed by atoms with E-state index in [0.717, 1.165) is 13.0 Å². The number of rotatable bonds is 10. The summed E-state index contributed by atoms with van der Waals surface area (Å²) in [5.74, 6) is 0.121. The maximum Gasteiger partial charge on any atom is 0.258 e. The molecule has 1 aromatic carbocycles. The van der Waals surface area contributed by atoms with Crippen LogP contribution >= 0.6 is 23.2 Å². The van der Waals surface area contributed by atoms with E-state index < -0.39 is 0 Å². The van der Waals surface area contributed by atoms with Crippen molar-refractivity contribution >= 4 is 35.0 Å². The molecule has 0 saturated heterocycles. The zero-order chi connectivity index (χ0) is 18.8. The molecule has 0 bridgehead atoms. The fourth-order valence-electron chi connectivity index (χ4n) is 2.12. The number of halogens is 2. The molecule has 140 valence electrons. The lowest BCUT2D eigenvalue weighted by atomic mass is 10.3. The first-order chi connectivity index (χ1) is 11.8. The van der Waals surface area contributed by atoms with Crippen molar-refractivity contribution in [3.63, 3.8) is 0 Å². The Morgan fingerprint density at radius 2 is 1.88 bits per heavy atom. The van der Waals surface area contributed by atoms with Crippen LogP contribution in [0.25, 0.3) is 0 Å². The monoisotopic (exact) mass is 389 g/mol. The maximum absolute atomic E-state index is 11.8. The van der Waals surface area contributed by atoms with E-state index in [9.17, 15) is 9.59 Å². The Hall–Kier alpha value is -1.50. The molecule has 0 heterocycles. The number of hydrogen-bond acceptors (Lipinski definition) is 4. The first-order valence-corrected chi connectivity index (χ1v) is 8.80. The van der Waals surface area contributed by atoms with E-state index in [1.165, 1.54) is 6.92 Å². The van der Waals surface area contributed by atoms with Gasteiger partial charge < -0.3 is 19.9 Å². The van der Waals surface area contributed by atoms with Gasteiger partial charge >= 0.3 is 0 Å². The van der Waals surface area contributed by atoms with E-state index in [0.29, 0.717) is 35.4 Å². The molecule has 0 radical (unpaired) electrons. The molecule has 1 aromatic rings. The topological polar surface area (TPSA) is 61.9 Å². The molecule has 2 amide bonds. The summed E-state index contributed by atoms with van der Waals surface area (Å²) in [5, 5.41) is 3.58. The molecule has 0 aliphatic carbocycles. The van der Waals surface area contributed by atoms with Crippen LogP contribution in [-0.4, -0.2) is 68.5 Å². The molecule has 1 rings (SSSR count). The zero-order valence-electron chi connectivity index (χ0n) is 14.8. The van der Waals surface area contributed by atoms with E-state index in [1.807, 2.05) is 14.1 Å². The van der Waals surface area contributed by atoms with Gasteiger partial charge in [0.15, 0.2) is 6.61 Å². The molecular weight excluding hydrogens is 365 g/mol. The van der Waals surface area contributed by atoms with Crippen molar-refractivity contribution in [2.75, 3.05) is 46.9 Å². The van der Waals surface area contributed by atoms with E-state index in [1.54, 1.807) is 23.1 Å². The van der Waals surface area contributed by atoms with Gasteiger partial charge in [-0.3, -0.25) is 9.59 Å². The minimum atomic E-state index is -0.275. The van der Waals surface area contributed by atoms with E-state index in [4.69, 9.17) is 27.9 Å². The number of carbonyl (C=O) groups is 2. The standard InChI is InChI=1S/C17H25Cl2N3O3/c1-13(23)22(9-4-8-21(2)3)10-7-20-17(24)12-25-16-6-5-14(18)11-15(16)19/h5-6,11H,4,7-10,12H2,1-3H3,(H,20,24). The Morgan fingerprint density at radius 1 is 1.16 bits per heavy atom. The summed E-state index contributed by atoms with van der Waals surface area (Å²) < 4.78 is 5.36. The summed E-state index contributed by atoms with van der Waals surface area (Å²) in [7, 11) is 3.98. The predicted octanol–water partition coefficient (Wildman–Crippen LogP) is 2.29. The first kappa shape index (κ1) is 21.5. The fourth-order valence-corrected chi connectivity index (χ4v) is 2.58. The predicted molar refractivity (Wildman–Crippen MR) is 100 cm³/mol. The summed E-state index contributed by atoms with van der Waals surface area (Å²) in [5.41, 5.74) is 0. The number of ether oxygens (including phenoxy) is 1. The Balaban J connectivity index is 2.30. The highest BCUT2D eigenvalue weighted by Gasteiger charge is 2.10. The van der Waals surface area contributed by atoms with Gasteiger partial charge in [-0.05, 0) is 45.3 Å². The summed E-state index contributed by atoms with van der Waals surface area (Å²) in [4.78, 5) is 27.2. The number of benzene rings is 1. The van der Waals surface area contributed by atoms with Crippen molar-refractivity contribution in [1.29, 1.82) is 0 Å². The normalized spacial score (nSPS) is 10.6. The second kappa shape index (κ2) is 11.2. The first-order valence-electron chi connectivity index (χ1n) is 8.04. The van der Waals surface area contributed by atoms with Gasteiger partial charge in [-0.1, -0.05) is 23.2 Å². The average molecular weight is 390 g/mol. The largest absolute Gasteiger partial charge is 0.482 e. The van der Waals surface area contributed by atoms with Gasteiger partial charge in [0, 0.05) is 31.6 Å². The van der Waals surface area contributed by atoms with Gasteiger partial charge in [0.1, 0.15) is 5.75 Å². The minimum Gasteiger partial charge on any atom is -0.482 e. The van der Waals surface area contributed by atoms with Gasteiger partial charge in [-0.25, -0.2) is 0 Å². The fraction of sp³-hybridized carbons (Fsp3) is 0.529. The van der Waals surface area contributed by atoms with Crippen LogP contribution in [0.2, 0.25) is 10.0 Å². The SMILES string of the molecule is CC(=O)N(CCCN(C)C)CCNC(=O)COc1ccc(Cl)cc1Cl. The number of hydrogen-bond donors (Lipinski definition) is 1. The van der Waals surface area contributed by atoms with E-state index >= 15 is 0 Å². The highest BCUT2D eigenvalue weighted by Crippen LogP contribution is 2.27. The number of carbonyl (C=O) groups excluding carboxylic acids is 2. The van der Waals surface area contributed by atoms with Crippen LogP contribution < -0.4 is 10.1 Å². The van der Waals surface area contributed by atoms with Gasteiger partial charge in [-0.2, -0.15) is 0 Å². The molecule has 0 unspecified atom stereocenters. The molecule has 0 fully saturated rings. The Kier molecular flexibility index (Phi) is 9.63. The van der Waals surface area contributed by atoms with Gasteiger partial charge in [0.05, 0.1) is 5.02 Å². The third-order valence-corrected chi connectivity index (χ3v) is 3.97. The molecule has 0 spiro atoms. The second-order valence-corrected chi connectivity index (χ2v) is 6.72. The van der Waals surface area contributed by atoms with Crippen molar-refractivity contribution in [1.82, 2.24) is 15.1 Å². The highest BCUT2D eigenvalue weighted by molar-refractivity contribution is 6.35. The van der Waals surface area contributed by atoms with Gasteiger partial charge in [0.2, 0.25) is 5.91 Å². The molecular formula is C17H25Cl2N3O3. The van der Waals surface area contributed by atoms with Crippen LogP contribution in [0.4, 0.5) is 0 Å². The van der Waals surface area contributed by atoms with E-state index in [2.05, 4.69) is 10.2 Å². The summed E-state index contributed by atoms with van der Waals surface area (Å²) in [6.45, 7) is 3.80. The molecule has 0 atom stereocenters. The van der Waals surface area contributed by atoms with Crippen molar-refractivity contribution in [2.45, 2.75) is 13.3 Å². The molecule has 0 aliphatic heterocycles. The Bertz CT molecular complexity index is 582. The summed E-state index contributed by atoms with van der Waals surface area (Å²) in [6.07, 6.45) is 0.888. The Morgan fingerprint density at radius 3 is 2.48 bits per heavy atom. The highest BCUT2D eigenvalue weighted by atomic mass is 35.5. The van der Waals surface area contributed by atoms with Crippen LogP contribution in [-0.2, 0) is 9.59 Å². The number of amides is 2. The smallest absolute Gasteiger partial charge is 0.258 e. The van der Waals surface area contributed by atoms with Crippen LogP contribution in [0.3, 0.4) is 0 Å². The Labute approximate surface area is 159 Å². The van der Waals surface area contributed by atoms with Crippen LogP contribution in [0.1, 0.15) is 13.3 Å². The van der Waals surface area contributed by atoms with Gasteiger partial charge in [-0.15, -0.1) is 0 Å². The van der Waals surface area contributed by atoms with Crippen molar-refractivity contribution in [2.24, 2.45) is 0 Å². The lowest BCUT2D eigenvalue weighted by molar-refractivity contribution is -0.129. The molecule has 0 saturated carbocycles. The second-order valence-electron chi connectivity index (χ2n) is 5.88. The molecule has 25 heavy (non-hydrogen) atoms. The lowest BCUT2D eigenvalue weighted by Gasteiger charge is -2.22. The van der Waals surface area contributed by atoms with Crippen LogP contribution in [0, 0.1) is 0 Å². The quantitative estimate of drug-likeness (QED) is 0.666. The third kappa shape index (κ3) is 8.95.